The van der Waals surface area contributed by atoms with Crippen molar-refractivity contribution in [3.05, 3.63) is 125 Å². The Morgan fingerprint density at radius 2 is 1.43 bits per heavy atom. The lowest BCUT2D eigenvalue weighted by Crippen LogP contribution is -2.14. The van der Waals surface area contributed by atoms with Gasteiger partial charge >= 0.3 is 0 Å². The number of hydrogen-bond acceptors (Lipinski definition) is 2. The molecule has 6 aromatic rings. The molecule has 37 heavy (non-hydrogen) atoms. The van der Waals surface area contributed by atoms with Crippen LogP contribution in [0.1, 0.15) is 17.0 Å². The van der Waals surface area contributed by atoms with Crippen LogP contribution in [0, 0.1) is 0 Å². The Kier molecular flexibility index (Phi) is 5.08. The molecule has 1 atom stereocenters. The van der Waals surface area contributed by atoms with Crippen LogP contribution in [0.3, 0.4) is 0 Å². The lowest BCUT2D eigenvalue weighted by molar-refractivity contribution is -0.116. The number of carbonyl (C=O) groups is 1. The van der Waals surface area contributed by atoms with Crippen LogP contribution in [-0.2, 0) is 4.79 Å². The van der Waals surface area contributed by atoms with Gasteiger partial charge in [0.25, 0.3) is 0 Å². The van der Waals surface area contributed by atoms with E-state index in [2.05, 4.69) is 50.5 Å². The van der Waals surface area contributed by atoms with Crippen LogP contribution in [-0.4, -0.2) is 20.7 Å². The van der Waals surface area contributed by atoms with Crippen molar-refractivity contribution in [2.75, 3.05) is 5.32 Å². The van der Waals surface area contributed by atoms with Crippen molar-refractivity contribution in [2.24, 2.45) is 0 Å². The Balaban J connectivity index is 1.61. The van der Waals surface area contributed by atoms with Gasteiger partial charge in [-0.05, 0) is 41.5 Å². The highest BCUT2D eigenvalue weighted by atomic mass is 79.9. The third-order valence-electron chi connectivity index (χ3n) is 6.93. The van der Waals surface area contributed by atoms with Crippen LogP contribution in [0.15, 0.2) is 114 Å². The number of carbonyl (C=O) groups excluding carboxylic acids is 1. The summed E-state index contributed by atoms with van der Waals surface area (Å²) < 4.78 is 2.95. The van der Waals surface area contributed by atoms with Crippen LogP contribution in [0.2, 0.25) is 0 Å². The number of para-hydroxylation sites is 2. The first-order chi connectivity index (χ1) is 18.2. The van der Waals surface area contributed by atoms with E-state index in [-0.39, 0.29) is 5.91 Å². The maximum absolute atomic E-state index is 13.6. The van der Waals surface area contributed by atoms with Gasteiger partial charge in [-0.25, -0.2) is 4.68 Å². The van der Waals surface area contributed by atoms with Gasteiger partial charge in [0, 0.05) is 21.3 Å². The minimum absolute atomic E-state index is 0.0352. The molecule has 0 bridgehead atoms. The van der Waals surface area contributed by atoms with E-state index in [9.17, 15) is 4.79 Å². The van der Waals surface area contributed by atoms with Crippen LogP contribution in [0.4, 0.5) is 5.69 Å². The fraction of sp³-hybridized carbons (Fsp3) is 0.0323. The number of aromatic amines is 1. The van der Waals surface area contributed by atoms with Crippen LogP contribution in [0.5, 0.6) is 0 Å². The molecule has 6 heteroatoms. The summed E-state index contributed by atoms with van der Waals surface area (Å²) in [6.07, 6.45) is 0. The normalized spacial score (nSPS) is 14.6. The Bertz CT molecular complexity index is 1770. The van der Waals surface area contributed by atoms with Gasteiger partial charge in [0.15, 0.2) is 0 Å². The number of halogens is 1. The van der Waals surface area contributed by atoms with Crippen molar-refractivity contribution < 1.29 is 4.79 Å². The molecule has 0 saturated carbocycles. The molecule has 4 aromatic carbocycles. The third-order valence-corrected chi connectivity index (χ3v) is 7.46. The molecule has 0 saturated heterocycles. The maximum Gasteiger partial charge on any atom is 0.236 e. The Morgan fingerprint density at radius 3 is 2.19 bits per heavy atom. The highest BCUT2D eigenvalue weighted by molar-refractivity contribution is 9.10. The maximum atomic E-state index is 13.6. The molecule has 0 spiro atoms. The SMILES string of the molecule is O=C1Nc2ccccc2C1c1c(-c2ccc(Br)cc2)[nH]c2c1c(-c1ccccc1)nn2-c1ccccc1. The number of H-pyrrole nitrogens is 1. The lowest BCUT2D eigenvalue weighted by Gasteiger charge is -2.13. The summed E-state index contributed by atoms with van der Waals surface area (Å²) in [5.74, 6) is -0.508. The van der Waals surface area contributed by atoms with E-state index in [1.54, 1.807) is 0 Å². The van der Waals surface area contributed by atoms with Gasteiger partial charge in [0.05, 0.1) is 22.7 Å². The van der Waals surface area contributed by atoms with E-state index < -0.39 is 5.92 Å². The van der Waals surface area contributed by atoms with E-state index >= 15 is 0 Å². The van der Waals surface area contributed by atoms with Crippen molar-refractivity contribution in [1.82, 2.24) is 14.8 Å². The summed E-state index contributed by atoms with van der Waals surface area (Å²) in [6.45, 7) is 0. The summed E-state index contributed by atoms with van der Waals surface area (Å²) in [6, 6.07) is 36.4. The molecule has 178 valence electrons. The van der Waals surface area contributed by atoms with Gasteiger partial charge in [0.1, 0.15) is 11.3 Å². The molecule has 0 aliphatic carbocycles. The minimum atomic E-state index is -0.473. The standard InChI is InChI=1S/C31H21BrN4O/c32-21-17-15-20(16-18-21)28-26(25-23-13-7-8-14-24(23)33-31(25)37)27-29(19-9-3-1-4-10-19)35-36(30(27)34-28)22-11-5-2-6-12-22/h1-18,25,34H,(H,33,37). The summed E-state index contributed by atoms with van der Waals surface area (Å²) in [4.78, 5) is 17.3. The Hall–Kier alpha value is -4.42. The molecule has 2 N–H and O–H groups in total. The highest BCUT2D eigenvalue weighted by Crippen LogP contribution is 2.47. The van der Waals surface area contributed by atoms with Crippen LogP contribution >= 0.6 is 15.9 Å². The smallest absolute Gasteiger partial charge is 0.236 e. The molecule has 3 heterocycles. The van der Waals surface area contributed by atoms with Crippen molar-refractivity contribution >= 4 is 38.6 Å². The zero-order valence-electron chi connectivity index (χ0n) is 19.7. The molecule has 2 aromatic heterocycles. The topological polar surface area (TPSA) is 62.7 Å². The predicted molar refractivity (Wildman–Crippen MR) is 151 cm³/mol. The molecule has 5 nitrogen and oxygen atoms in total. The average molecular weight is 545 g/mol. The lowest BCUT2D eigenvalue weighted by atomic mass is 9.88. The van der Waals surface area contributed by atoms with Crippen molar-refractivity contribution in [2.45, 2.75) is 5.92 Å². The number of benzene rings is 4. The zero-order chi connectivity index (χ0) is 24.9. The fourth-order valence-electron chi connectivity index (χ4n) is 5.28. The van der Waals surface area contributed by atoms with E-state index in [4.69, 9.17) is 5.10 Å². The highest BCUT2D eigenvalue weighted by Gasteiger charge is 2.37. The first-order valence-corrected chi connectivity index (χ1v) is 12.9. The number of hydrogen-bond donors (Lipinski definition) is 2. The number of nitrogens with zero attached hydrogens (tertiary/aromatic N) is 2. The number of nitrogens with one attached hydrogen (secondary N) is 2. The second-order valence-corrected chi connectivity index (χ2v) is 10.0. The second-order valence-electron chi connectivity index (χ2n) is 9.12. The van der Waals surface area contributed by atoms with E-state index in [0.29, 0.717) is 0 Å². The summed E-state index contributed by atoms with van der Waals surface area (Å²) >= 11 is 3.56. The molecule has 1 aliphatic rings. The van der Waals surface area contributed by atoms with Crippen LogP contribution < -0.4 is 5.32 Å². The van der Waals surface area contributed by atoms with Gasteiger partial charge < -0.3 is 10.3 Å². The molecule has 0 radical (unpaired) electrons. The number of aromatic nitrogens is 3. The van der Waals surface area contributed by atoms with Gasteiger partial charge in [-0.3, -0.25) is 4.79 Å². The van der Waals surface area contributed by atoms with E-state index in [1.165, 1.54) is 0 Å². The largest absolute Gasteiger partial charge is 0.339 e. The molecular formula is C31H21BrN4O. The van der Waals surface area contributed by atoms with Crippen molar-refractivity contribution in [3.63, 3.8) is 0 Å². The quantitative estimate of drug-likeness (QED) is 0.241. The van der Waals surface area contributed by atoms with E-state index in [1.807, 2.05) is 89.6 Å². The number of amides is 1. The number of anilines is 1. The monoisotopic (exact) mass is 544 g/mol. The third kappa shape index (κ3) is 3.52. The second kappa shape index (κ2) is 8.61. The molecule has 0 fully saturated rings. The first-order valence-electron chi connectivity index (χ1n) is 12.1. The average Bonchev–Trinajstić information content (AvgIpc) is 3.60. The predicted octanol–water partition coefficient (Wildman–Crippen LogP) is 7.53. The van der Waals surface area contributed by atoms with E-state index in [0.717, 1.165) is 60.5 Å². The van der Waals surface area contributed by atoms with Gasteiger partial charge in [0.2, 0.25) is 5.91 Å². The number of fused-ring (bicyclic) bond motifs is 2. The van der Waals surface area contributed by atoms with Gasteiger partial charge in [-0.1, -0.05) is 94.8 Å². The van der Waals surface area contributed by atoms with Crippen molar-refractivity contribution in [3.8, 4) is 28.2 Å². The Labute approximate surface area is 221 Å². The van der Waals surface area contributed by atoms with Gasteiger partial charge in [-0.15, -0.1) is 0 Å². The number of rotatable bonds is 4. The molecule has 1 unspecified atom stereocenters. The van der Waals surface area contributed by atoms with Crippen molar-refractivity contribution in [1.29, 1.82) is 0 Å². The Morgan fingerprint density at radius 1 is 0.757 bits per heavy atom. The minimum Gasteiger partial charge on any atom is -0.339 e. The molecule has 1 aliphatic heterocycles. The van der Waals surface area contributed by atoms with Gasteiger partial charge in [-0.2, -0.15) is 5.10 Å². The summed E-state index contributed by atoms with van der Waals surface area (Å²) in [7, 11) is 0. The first kappa shape index (κ1) is 21.8. The summed E-state index contributed by atoms with van der Waals surface area (Å²) in [5.41, 5.74) is 8.31. The summed E-state index contributed by atoms with van der Waals surface area (Å²) in [5, 5.41) is 9.15. The zero-order valence-corrected chi connectivity index (χ0v) is 21.2. The fourth-order valence-corrected chi connectivity index (χ4v) is 5.55. The molecule has 1 amide bonds. The van der Waals surface area contributed by atoms with Crippen LogP contribution in [0.25, 0.3) is 39.2 Å². The molecule has 7 rings (SSSR count). The molecular weight excluding hydrogens is 524 g/mol.